The Bertz CT molecular complexity index is 1330. The smallest absolute Gasteiger partial charge is 0.312 e. The Labute approximate surface area is 235 Å². The average molecular weight is 547 g/mol. The maximum absolute atomic E-state index is 14.7. The van der Waals surface area contributed by atoms with Gasteiger partial charge in [0.15, 0.2) is 0 Å². The largest absolute Gasteiger partial charge is 0.461 e. The van der Waals surface area contributed by atoms with Gasteiger partial charge in [0.1, 0.15) is 18.2 Å². The number of esters is 1. The number of nitrogens with zero attached hydrogens (tertiary/aromatic N) is 2. The Morgan fingerprint density at radius 2 is 1.98 bits per heavy atom. The summed E-state index contributed by atoms with van der Waals surface area (Å²) in [7, 11) is 0. The van der Waals surface area contributed by atoms with E-state index in [1.54, 1.807) is 11.0 Å². The molecule has 40 heavy (non-hydrogen) atoms. The standard InChI is InChI=1S/C32H38N2O6/c1-5-16-33(23-13-12-21-10-8-9-11-22(21)18-23)30(37)28-32-15-14-25(40-32)26(31(38)39-17-6-2)27(32)29(36)34(28)24(19-35)20(4)7-3/h5-6,8-13,18,20,24-28,35H,1-2,7,14-17,19H2,3-4H3/t20-,24-,25-,26+,27-,28?,32?/m0/s1. The summed E-state index contributed by atoms with van der Waals surface area (Å²) < 4.78 is 11.9. The van der Waals surface area contributed by atoms with Gasteiger partial charge in [-0.05, 0) is 41.7 Å². The zero-order chi connectivity index (χ0) is 28.6. The van der Waals surface area contributed by atoms with Crippen LogP contribution in [0.1, 0.15) is 33.1 Å². The van der Waals surface area contributed by atoms with E-state index in [0.717, 1.165) is 10.8 Å². The van der Waals surface area contributed by atoms with Crippen LogP contribution in [-0.4, -0.2) is 71.3 Å². The number of benzene rings is 2. The molecule has 1 spiro atoms. The van der Waals surface area contributed by atoms with Gasteiger partial charge < -0.3 is 24.4 Å². The molecule has 3 aliphatic heterocycles. The van der Waals surface area contributed by atoms with Gasteiger partial charge in [-0.15, -0.1) is 6.58 Å². The maximum atomic E-state index is 14.7. The highest BCUT2D eigenvalue weighted by atomic mass is 16.6. The van der Waals surface area contributed by atoms with Crippen LogP contribution in [0.4, 0.5) is 5.69 Å². The summed E-state index contributed by atoms with van der Waals surface area (Å²) >= 11 is 0. The number of aliphatic hydroxyl groups is 1. The number of fused-ring (bicyclic) bond motifs is 2. The molecule has 2 aromatic carbocycles. The molecule has 7 atom stereocenters. The maximum Gasteiger partial charge on any atom is 0.312 e. The van der Waals surface area contributed by atoms with E-state index < -0.39 is 41.6 Å². The van der Waals surface area contributed by atoms with E-state index in [0.29, 0.717) is 24.9 Å². The van der Waals surface area contributed by atoms with E-state index in [4.69, 9.17) is 9.47 Å². The molecule has 212 valence electrons. The normalized spacial score (nSPS) is 28.3. The molecule has 0 saturated carbocycles. The van der Waals surface area contributed by atoms with Crippen molar-refractivity contribution in [2.45, 2.75) is 56.9 Å². The number of rotatable bonds is 11. The van der Waals surface area contributed by atoms with Gasteiger partial charge in [-0.25, -0.2) is 0 Å². The number of hydrogen-bond acceptors (Lipinski definition) is 6. The number of carbonyl (C=O) groups excluding carboxylic acids is 3. The van der Waals surface area contributed by atoms with Crippen LogP contribution in [0.5, 0.6) is 0 Å². The molecule has 3 aliphatic rings. The third-order valence-electron chi connectivity index (χ3n) is 9.06. The van der Waals surface area contributed by atoms with Gasteiger partial charge in [0.25, 0.3) is 5.91 Å². The van der Waals surface area contributed by atoms with Crippen LogP contribution < -0.4 is 4.90 Å². The molecule has 8 heteroatoms. The zero-order valence-corrected chi connectivity index (χ0v) is 23.2. The van der Waals surface area contributed by atoms with E-state index >= 15 is 0 Å². The average Bonchev–Trinajstić information content (AvgIpc) is 3.62. The molecule has 1 N–H and O–H groups in total. The lowest BCUT2D eigenvalue weighted by Crippen LogP contribution is -2.60. The SMILES string of the molecule is C=CCOC(=O)[C@@H]1[C@@H]2CCC3(O2)C(C(=O)N(CC=C)c2ccc4ccccc4c2)N([C@@H](CO)[C@@H](C)CC)C(=O)[C@H]13. The summed E-state index contributed by atoms with van der Waals surface area (Å²) in [5.41, 5.74) is -0.511. The van der Waals surface area contributed by atoms with Crippen molar-refractivity contribution in [1.29, 1.82) is 0 Å². The summed E-state index contributed by atoms with van der Waals surface area (Å²) in [5.74, 6) is -2.93. The van der Waals surface area contributed by atoms with E-state index in [-0.39, 0.29) is 37.5 Å². The Kier molecular flexibility index (Phi) is 7.84. The minimum Gasteiger partial charge on any atom is -0.461 e. The van der Waals surface area contributed by atoms with E-state index in [1.165, 1.54) is 11.0 Å². The molecule has 2 aromatic rings. The van der Waals surface area contributed by atoms with Crippen LogP contribution in [0.15, 0.2) is 67.8 Å². The fourth-order valence-electron chi connectivity index (χ4n) is 6.99. The minimum absolute atomic E-state index is 0.0310. The van der Waals surface area contributed by atoms with Gasteiger partial charge in [0, 0.05) is 12.2 Å². The quantitative estimate of drug-likeness (QED) is 0.340. The van der Waals surface area contributed by atoms with Gasteiger partial charge in [0.05, 0.1) is 30.6 Å². The number of anilines is 1. The van der Waals surface area contributed by atoms with Crippen LogP contribution in [0.25, 0.3) is 10.8 Å². The Hall–Kier alpha value is -3.49. The van der Waals surface area contributed by atoms with Gasteiger partial charge in [0.2, 0.25) is 5.91 Å². The van der Waals surface area contributed by atoms with Gasteiger partial charge in [-0.2, -0.15) is 0 Å². The van der Waals surface area contributed by atoms with Crippen molar-refractivity contribution in [3.63, 3.8) is 0 Å². The molecule has 0 aliphatic carbocycles. The first-order chi connectivity index (χ1) is 19.3. The van der Waals surface area contributed by atoms with Crippen molar-refractivity contribution in [2.24, 2.45) is 17.8 Å². The molecule has 2 amide bonds. The Morgan fingerprint density at radius 1 is 1.23 bits per heavy atom. The predicted octanol–water partition coefficient (Wildman–Crippen LogP) is 3.87. The number of carbonyl (C=O) groups is 3. The van der Waals surface area contributed by atoms with E-state index in [2.05, 4.69) is 13.2 Å². The number of ether oxygens (including phenoxy) is 2. The molecule has 2 bridgehead atoms. The second kappa shape index (κ2) is 11.2. The third-order valence-corrected chi connectivity index (χ3v) is 9.06. The predicted molar refractivity (Wildman–Crippen MR) is 152 cm³/mol. The number of likely N-dealkylation sites (tertiary alicyclic amines) is 1. The highest BCUT2D eigenvalue weighted by Crippen LogP contribution is 2.59. The molecule has 3 heterocycles. The first-order valence-corrected chi connectivity index (χ1v) is 14.1. The summed E-state index contributed by atoms with van der Waals surface area (Å²) in [5, 5.41) is 12.6. The molecule has 5 rings (SSSR count). The molecule has 3 saturated heterocycles. The van der Waals surface area contributed by atoms with E-state index in [1.807, 2.05) is 56.3 Å². The number of aliphatic hydroxyl groups excluding tert-OH is 1. The summed E-state index contributed by atoms with van der Waals surface area (Å²) in [6, 6.07) is 12.1. The Balaban J connectivity index is 1.61. The lowest BCUT2D eigenvalue weighted by molar-refractivity contribution is -0.155. The van der Waals surface area contributed by atoms with Crippen LogP contribution in [0.2, 0.25) is 0 Å². The third kappa shape index (κ3) is 4.34. The van der Waals surface area contributed by atoms with E-state index in [9.17, 15) is 19.5 Å². The number of amides is 2. The minimum atomic E-state index is -1.19. The van der Waals surface area contributed by atoms with Crippen LogP contribution in [0, 0.1) is 17.8 Å². The number of hydrogen-bond donors (Lipinski definition) is 1. The fraction of sp³-hybridized carbons (Fsp3) is 0.469. The van der Waals surface area contributed by atoms with Crippen LogP contribution >= 0.6 is 0 Å². The molecule has 3 fully saturated rings. The van der Waals surface area contributed by atoms with Crippen molar-refractivity contribution in [2.75, 3.05) is 24.7 Å². The van der Waals surface area contributed by atoms with Crippen molar-refractivity contribution in [3.8, 4) is 0 Å². The molecular formula is C32H38N2O6. The first kappa shape index (κ1) is 28.1. The summed E-state index contributed by atoms with van der Waals surface area (Å²) in [6.07, 6.45) is 4.34. The lowest BCUT2D eigenvalue weighted by Gasteiger charge is -2.41. The second-order valence-corrected chi connectivity index (χ2v) is 11.1. The van der Waals surface area contributed by atoms with Crippen LogP contribution in [-0.2, 0) is 23.9 Å². The fourth-order valence-corrected chi connectivity index (χ4v) is 6.99. The van der Waals surface area contributed by atoms with Crippen molar-refractivity contribution in [3.05, 3.63) is 67.8 Å². The molecule has 0 aromatic heterocycles. The van der Waals surface area contributed by atoms with Crippen molar-refractivity contribution < 1.29 is 29.0 Å². The van der Waals surface area contributed by atoms with Gasteiger partial charge >= 0.3 is 5.97 Å². The highest BCUT2D eigenvalue weighted by Gasteiger charge is 2.75. The molecule has 8 nitrogen and oxygen atoms in total. The van der Waals surface area contributed by atoms with Gasteiger partial charge in [-0.3, -0.25) is 14.4 Å². The summed E-state index contributed by atoms with van der Waals surface area (Å²) in [6.45, 7) is 11.4. The first-order valence-electron chi connectivity index (χ1n) is 14.1. The highest BCUT2D eigenvalue weighted by molar-refractivity contribution is 6.05. The van der Waals surface area contributed by atoms with Crippen molar-refractivity contribution >= 4 is 34.2 Å². The Morgan fingerprint density at radius 3 is 2.65 bits per heavy atom. The second-order valence-electron chi connectivity index (χ2n) is 11.1. The molecular weight excluding hydrogens is 508 g/mol. The summed E-state index contributed by atoms with van der Waals surface area (Å²) in [4.78, 5) is 45.4. The van der Waals surface area contributed by atoms with Crippen molar-refractivity contribution in [1.82, 2.24) is 4.90 Å². The zero-order valence-electron chi connectivity index (χ0n) is 23.2. The monoisotopic (exact) mass is 546 g/mol. The lowest BCUT2D eigenvalue weighted by atomic mass is 9.70. The van der Waals surface area contributed by atoms with Gasteiger partial charge in [-0.1, -0.05) is 69.3 Å². The molecule has 0 radical (unpaired) electrons. The molecule has 2 unspecified atom stereocenters. The topological polar surface area (TPSA) is 96.4 Å². The van der Waals surface area contributed by atoms with Crippen LogP contribution in [0.3, 0.4) is 0 Å².